The number of ether oxygens (including phenoxy) is 2. The van der Waals surface area contributed by atoms with Gasteiger partial charge in [-0.05, 0) is 67.6 Å². The van der Waals surface area contributed by atoms with Crippen molar-refractivity contribution in [2.45, 2.75) is 11.8 Å². The Hall–Kier alpha value is -3.32. The van der Waals surface area contributed by atoms with Crippen molar-refractivity contribution in [2.24, 2.45) is 0 Å². The second-order valence-corrected chi connectivity index (χ2v) is 8.27. The zero-order valence-corrected chi connectivity index (χ0v) is 16.9. The van der Waals surface area contributed by atoms with Crippen molar-refractivity contribution in [1.29, 1.82) is 0 Å². The summed E-state index contributed by atoms with van der Waals surface area (Å²) in [6.45, 7) is 2.50. The molecule has 3 aromatic carbocycles. The molecule has 0 aromatic heterocycles. The van der Waals surface area contributed by atoms with Crippen molar-refractivity contribution in [1.82, 2.24) is 0 Å². The molecule has 0 aliphatic heterocycles. The Morgan fingerprint density at radius 1 is 0.897 bits per heavy atom. The van der Waals surface area contributed by atoms with E-state index in [1.54, 1.807) is 36.4 Å². The summed E-state index contributed by atoms with van der Waals surface area (Å²) in [5, 5.41) is 2.80. The Morgan fingerprint density at radius 2 is 1.52 bits per heavy atom. The van der Waals surface area contributed by atoms with Crippen molar-refractivity contribution in [2.75, 3.05) is 18.2 Å². The second kappa shape index (κ2) is 8.79. The van der Waals surface area contributed by atoms with Crippen LogP contribution in [0.2, 0.25) is 0 Å². The van der Waals surface area contributed by atoms with Crippen molar-refractivity contribution in [3.05, 3.63) is 78.4 Å². The summed E-state index contributed by atoms with van der Waals surface area (Å²) in [6, 6.07) is 20.0. The highest BCUT2D eigenvalue weighted by molar-refractivity contribution is 7.90. The minimum atomic E-state index is -3.31. The van der Waals surface area contributed by atoms with E-state index in [1.165, 1.54) is 24.3 Å². The lowest BCUT2D eigenvalue weighted by Crippen LogP contribution is -2.12. The molecule has 0 fully saturated rings. The molecule has 150 valence electrons. The molecule has 0 aliphatic carbocycles. The number of rotatable bonds is 7. The summed E-state index contributed by atoms with van der Waals surface area (Å²) in [5.74, 6) is 1.47. The van der Waals surface area contributed by atoms with Gasteiger partial charge >= 0.3 is 0 Å². The van der Waals surface area contributed by atoms with E-state index in [-0.39, 0.29) is 10.8 Å². The van der Waals surface area contributed by atoms with E-state index in [2.05, 4.69) is 5.32 Å². The number of benzene rings is 3. The zero-order chi connectivity index (χ0) is 20.9. The molecule has 29 heavy (non-hydrogen) atoms. The number of anilines is 1. The average Bonchev–Trinajstić information content (AvgIpc) is 2.70. The number of para-hydroxylation sites is 2. The number of amides is 1. The molecule has 0 aliphatic rings. The van der Waals surface area contributed by atoms with Gasteiger partial charge in [0.25, 0.3) is 5.91 Å². The van der Waals surface area contributed by atoms with E-state index < -0.39 is 9.84 Å². The van der Waals surface area contributed by atoms with Gasteiger partial charge in [0.1, 0.15) is 11.5 Å². The summed E-state index contributed by atoms with van der Waals surface area (Å²) < 4.78 is 34.4. The Labute approximate surface area is 170 Å². The molecule has 0 unspecified atom stereocenters. The standard InChI is InChI=1S/C22H21NO5S/c1-3-27-17-10-12-18(13-11-17)28-21-7-5-4-6-20(21)23-22(24)16-8-14-19(15-9-16)29(2,25)26/h4-15H,3H2,1-2H3,(H,23,24). The van der Waals surface area contributed by atoms with Crippen LogP contribution in [0.15, 0.2) is 77.7 Å². The monoisotopic (exact) mass is 411 g/mol. The van der Waals surface area contributed by atoms with E-state index in [4.69, 9.17) is 9.47 Å². The predicted molar refractivity (Wildman–Crippen MR) is 112 cm³/mol. The zero-order valence-electron chi connectivity index (χ0n) is 16.1. The first kappa shape index (κ1) is 20.4. The fraction of sp³-hybridized carbons (Fsp3) is 0.136. The first-order valence-corrected chi connectivity index (χ1v) is 10.9. The van der Waals surface area contributed by atoms with Crippen molar-refractivity contribution in [3.8, 4) is 17.2 Å². The Bertz CT molecular complexity index is 1090. The molecule has 0 heterocycles. The van der Waals surface area contributed by atoms with Gasteiger partial charge in [0.05, 0.1) is 17.2 Å². The van der Waals surface area contributed by atoms with Crippen LogP contribution in [0.5, 0.6) is 17.2 Å². The predicted octanol–water partition coefficient (Wildman–Crippen LogP) is 4.53. The van der Waals surface area contributed by atoms with Crippen LogP contribution in [0, 0.1) is 0 Å². The highest BCUT2D eigenvalue weighted by atomic mass is 32.2. The van der Waals surface area contributed by atoms with E-state index in [0.29, 0.717) is 29.4 Å². The number of carbonyl (C=O) groups excluding carboxylic acids is 1. The molecule has 6 nitrogen and oxygen atoms in total. The Balaban J connectivity index is 1.75. The first-order chi connectivity index (χ1) is 13.9. The number of carbonyl (C=O) groups is 1. The molecule has 3 rings (SSSR count). The molecule has 0 spiro atoms. The number of nitrogens with one attached hydrogen (secondary N) is 1. The number of sulfone groups is 1. The third-order valence-electron chi connectivity index (χ3n) is 4.04. The molecule has 1 amide bonds. The van der Waals surface area contributed by atoms with Gasteiger partial charge in [-0.25, -0.2) is 8.42 Å². The lowest BCUT2D eigenvalue weighted by molar-refractivity contribution is 0.102. The van der Waals surface area contributed by atoms with Gasteiger partial charge in [-0.3, -0.25) is 4.79 Å². The second-order valence-electron chi connectivity index (χ2n) is 6.25. The van der Waals surface area contributed by atoms with Gasteiger partial charge in [-0.2, -0.15) is 0 Å². The van der Waals surface area contributed by atoms with Gasteiger partial charge in [0, 0.05) is 11.8 Å². The van der Waals surface area contributed by atoms with Crippen LogP contribution < -0.4 is 14.8 Å². The first-order valence-electron chi connectivity index (χ1n) is 8.98. The third-order valence-corrected chi connectivity index (χ3v) is 5.17. The highest BCUT2D eigenvalue weighted by Crippen LogP contribution is 2.30. The highest BCUT2D eigenvalue weighted by Gasteiger charge is 2.12. The summed E-state index contributed by atoms with van der Waals surface area (Å²) in [7, 11) is -3.31. The maximum Gasteiger partial charge on any atom is 0.255 e. The van der Waals surface area contributed by atoms with Crippen LogP contribution in [0.1, 0.15) is 17.3 Å². The molecular formula is C22H21NO5S. The normalized spacial score (nSPS) is 11.0. The van der Waals surface area contributed by atoms with Crippen LogP contribution in [0.3, 0.4) is 0 Å². The quantitative estimate of drug-likeness (QED) is 0.618. The molecule has 0 bridgehead atoms. The van der Waals surface area contributed by atoms with E-state index in [0.717, 1.165) is 12.0 Å². The Kier molecular flexibility index (Phi) is 6.19. The van der Waals surface area contributed by atoms with Crippen LogP contribution in [-0.4, -0.2) is 27.2 Å². The SMILES string of the molecule is CCOc1ccc(Oc2ccccc2NC(=O)c2ccc(S(C)(=O)=O)cc2)cc1. The average molecular weight is 411 g/mol. The van der Waals surface area contributed by atoms with Crippen LogP contribution in [0.4, 0.5) is 5.69 Å². The number of hydrogen-bond acceptors (Lipinski definition) is 5. The van der Waals surface area contributed by atoms with Crippen LogP contribution in [0.25, 0.3) is 0 Å². The summed E-state index contributed by atoms with van der Waals surface area (Å²) in [6.07, 6.45) is 1.12. The molecule has 3 aromatic rings. The summed E-state index contributed by atoms with van der Waals surface area (Å²) in [5.41, 5.74) is 0.840. The van der Waals surface area contributed by atoms with Crippen LogP contribution in [-0.2, 0) is 9.84 Å². The van der Waals surface area contributed by atoms with Gasteiger partial charge in [0.15, 0.2) is 15.6 Å². The van der Waals surface area contributed by atoms with Crippen molar-refractivity contribution in [3.63, 3.8) is 0 Å². The lowest BCUT2D eigenvalue weighted by Gasteiger charge is -2.13. The van der Waals surface area contributed by atoms with Gasteiger partial charge < -0.3 is 14.8 Å². The lowest BCUT2D eigenvalue weighted by atomic mass is 10.2. The third kappa shape index (κ3) is 5.36. The van der Waals surface area contributed by atoms with Crippen molar-refractivity contribution >= 4 is 21.4 Å². The van der Waals surface area contributed by atoms with Crippen molar-refractivity contribution < 1.29 is 22.7 Å². The van der Waals surface area contributed by atoms with Gasteiger partial charge in [-0.15, -0.1) is 0 Å². The fourth-order valence-corrected chi connectivity index (χ4v) is 3.23. The van der Waals surface area contributed by atoms with E-state index >= 15 is 0 Å². The molecule has 1 N–H and O–H groups in total. The maximum absolute atomic E-state index is 12.6. The molecule has 0 atom stereocenters. The minimum Gasteiger partial charge on any atom is -0.494 e. The smallest absolute Gasteiger partial charge is 0.255 e. The molecule has 0 radical (unpaired) electrons. The largest absolute Gasteiger partial charge is 0.494 e. The molecule has 7 heteroatoms. The fourth-order valence-electron chi connectivity index (χ4n) is 2.60. The van der Waals surface area contributed by atoms with E-state index in [1.807, 2.05) is 19.1 Å². The van der Waals surface area contributed by atoms with Crippen LogP contribution >= 0.6 is 0 Å². The minimum absolute atomic E-state index is 0.160. The van der Waals surface area contributed by atoms with Gasteiger partial charge in [0.2, 0.25) is 0 Å². The molecule has 0 saturated heterocycles. The topological polar surface area (TPSA) is 81.7 Å². The Morgan fingerprint density at radius 3 is 2.14 bits per heavy atom. The molecular weight excluding hydrogens is 390 g/mol. The van der Waals surface area contributed by atoms with E-state index in [9.17, 15) is 13.2 Å². The summed E-state index contributed by atoms with van der Waals surface area (Å²) in [4.78, 5) is 12.7. The number of hydrogen-bond donors (Lipinski definition) is 1. The maximum atomic E-state index is 12.6. The molecule has 0 saturated carbocycles. The summed E-state index contributed by atoms with van der Waals surface area (Å²) >= 11 is 0. The van der Waals surface area contributed by atoms with Gasteiger partial charge in [-0.1, -0.05) is 12.1 Å².